The summed E-state index contributed by atoms with van der Waals surface area (Å²) in [7, 11) is 3.66. The fourth-order valence-corrected chi connectivity index (χ4v) is 5.67. The maximum atomic E-state index is 13.6. The van der Waals surface area contributed by atoms with Crippen LogP contribution in [-0.4, -0.2) is 85.6 Å². The number of nitrogens with zero attached hydrogens (tertiary/aromatic N) is 5. The summed E-state index contributed by atoms with van der Waals surface area (Å²) in [5.74, 6) is 0.518. The first-order valence-electron chi connectivity index (χ1n) is 13.1. The van der Waals surface area contributed by atoms with Gasteiger partial charge in [-0.05, 0) is 51.9 Å². The van der Waals surface area contributed by atoms with Crippen molar-refractivity contribution in [3.05, 3.63) is 41.2 Å². The summed E-state index contributed by atoms with van der Waals surface area (Å²) in [4.78, 5) is 51.1. The molecule has 39 heavy (non-hydrogen) atoms. The molecule has 4 aliphatic rings. The average molecular weight is 533 g/mol. The van der Waals surface area contributed by atoms with Crippen molar-refractivity contribution in [1.29, 1.82) is 5.26 Å². The lowest BCUT2D eigenvalue weighted by Crippen LogP contribution is -2.67. The normalized spacial score (nSPS) is 22.2. The minimum Gasteiger partial charge on any atom is -0.383 e. The number of nitrogens with one attached hydrogen (secondary N) is 3. The van der Waals surface area contributed by atoms with Crippen LogP contribution in [0.1, 0.15) is 47.3 Å². The number of carbonyl (C=O) groups excluding carboxylic acids is 3. The van der Waals surface area contributed by atoms with Gasteiger partial charge in [-0.2, -0.15) is 5.26 Å². The van der Waals surface area contributed by atoms with Crippen molar-refractivity contribution >= 4 is 35.5 Å². The van der Waals surface area contributed by atoms with Crippen molar-refractivity contribution in [2.75, 3.05) is 55.9 Å². The Balaban J connectivity index is 1.38. The number of amides is 3. The molecule has 0 atom stereocenters. The molecule has 2 bridgehead atoms. The van der Waals surface area contributed by atoms with Crippen LogP contribution in [0.4, 0.5) is 22.1 Å². The standard InChI is InChI=1S/C27H32N8O4/c1-34-8-5-18(6-9-34)32-25(37)27-12-20(13-27)35(24-21(27)4-3-19(16-36)31-24)26(38)33-23-11-22(29-7-10-39-2)17(14-28)15-30-23/h3-4,11,15-16,18,20H,5-10,12-13H2,1-2H3,(H,32,37)(H2,29,30,33,38). The van der Waals surface area contributed by atoms with E-state index in [-0.39, 0.29) is 29.5 Å². The minimum absolute atomic E-state index is 0.0456. The zero-order valence-corrected chi connectivity index (χ0v) is 22.1. The van der Waals surface area contributed by atoms with Crippen molar-refractivity contribution in [1.82, 2.24) is 20.2 Å². The highest BCUT2D eigenvalue weighted by atomic mass is 16.5. The third kappa shape index (κ3) is 5.03. The number of aromatic nitrogens is 2. The zero-order chi connectivity index (χ0) is 27.6. The third-order valence-electron chi connectivity index (χ3n) is 7.88. The van der Waals surface area contributed by atoms with E-state index < -0.39 is 11.4 Å². The smallest absolute Gasteiger partial charge is 0.328 e. The van der Waals surface area contributed by atoms with E-state index in [4.69, 9.17) is 4.74 Å². The van der Waals surface area contributed by atoms with E-state index in [0.29, 0.717) is 54.9 Å². The van der Waals surface area contributed by atoms with Crippen LogP contribution in [-0.2, 0) is 14.9 Å². The first-order chi connectivity index (χ1) is 18.9. The van der Waals surface area contributed by atoms with E-state index >= 15 is 0 Å². The number of aldehydes is 1. The number of pyridine rings is 2. The SMILES string of the molecule is COCCNc1cc(NC(=O)N2c3nc(C=O)ccc3C3(C(=O)NC4CCN(C)CC4)CC2C3)ncc1C#N. The van der Waals surface area contributed by atoms with Crippen LogP contribution in [0.2, 0.25) is 0 Å². The Kier molecular flexibility index (Phi) is 7.45. The highest BCUT2D eigenvalue weighted by molar-refractivity contribution is 6.05. The highest BCUT2D eigenvalue weighted by Gasteiger charge is 2.60. The average Bonchev–Trinajstić information content (AvgIpc) is 2.92. The molecule has 3 amide bonds. The topological polar surface area (TPSA) is 153 Å². The molecule has 0 radical (unpaired) electrons. The Morgan fingerprint density at radius 3 is 2.74 bits per heavy atom. The summed E-state index contributed by atoms with van der Waals surface area (Å²) in [6.45, 7) is 2.79. The highest BCUT2D eigenvalue weighted by Crippen LogP contribution is 2.55. The summed E-state index contributed by atoms with van der Waals surface area (Å²) >= 11 is 0. The number of urea groups is 1. The lowest BCUT2D eigenvalue weighted by molar-refractivity contribution is -0.132. The quantitative estimate of drug-likeness (QED) is 0.342. The number of anilines is 3. The van der Waals surface area contributed by atoms with Crippen LogP contribution < -0.4 is 20.9 Å². The Bertz CT molecular complexity index is 1310. The van der Waals surface area contributed by atoms with Crippen molar-refractivity contribution < 1.29 is 19.1 Å². The van der Waals surface area contributed by atoms with Crippen LogP contribution in [0.25, 0.3) is 0 Å². The summed E-state index contributed by atoms with van der Waals surface area (Å²) in [5.41, 5.74) is 0.906. The molecule has 2 aromatic rings. The lowest BCUT2D eigenvalue weighted by Gasteiger charge is -2.56. The minimum atomic E-state index is -0.778. The molecule has 1 saturated heterocycles. The fraction of sp³-hybridized carbons (Fsp3) is 0.481. The van der Waals surface area contributed by atoms with Crippen LogP contribution in [0.5, 0.6) is 0 Å². The molecule has 0 unspecified atom stereocenters. The number of ether oxygens (including phenoxy) is 1. The van der Waals surface area contributed by atoms with Crippen molar-refractivity contribution in [3.63, 3.8) is 0 Å². The van der Waals surface area contributed by atoms with Crippen molar-refractivity contribution in [2.24, 2.45) is 0 Å². The molecule has 204 valence electrons. The van der Waals surface area contributed by atoms with Gasteiger partial charge in [-0.1, -0.05) is 6.07 Å². The molecule has 2 fully saturated rings. The predicted octanol–water partition coefficient (Wildman–Crippen LogP) is 1.88. The maximum Gasteiger partial charge on any atom is 0.328 e. The molecule has 6 rings (SSSR count). The molecule has 0 spiro atoms. The Morgan fingerprint density at radius 1 is 1.28 bits per heavy atom. The molecule has 2 aromatic heterocycles. The van der Waals surface area contributed by atoms with E-state index in [1.165, 1.54) is 11.1 Å². The molecule has 1 aliphatic carbocycles. The number of hydrogen-bond acceptors (Lipinski definition) is 9. The number of rotatable bonds is 8. The predicted molar refractivity (Wildman–Crippen MR) is 144 cm³/mol. The van der Waals surface area contributed by atoms with Gasteiger partial charge in [-0.25, -0.2) is 14.8 Å². The molecular formula is C27H32N8O4. The van der Waals surface area contributed by atoms with Gasteiger partial charge in [0.1, 0.15) is 23.4 Å². The van der Waals surface area contributed by atoms with Crippen LogP contribution in [0, 0.1) is 11.3 Å². The Hall–Kier alpha value is -4.08. The number of methoxy groups -OCH3 is 1. The molecule has 12 heteroatoms. The van der Waals surface area contributed by atoms with Gasteiger partial charge >= 0.3 is 6.03 Å². The van der Waals surface area contributed by atoms with Gasteiger partial charge in [0.15, 0.2) is 6.29 Å². The van der Waals surface area contributed by atoms with Gasteiger partial charge < -0.3 is 20.3 Å². The Labute approximate surface area is 226 Å². The largest absolute Gasteiger partial charge is 0.383 e. The van der Waals surface area contributed by atoms with Gasteiger partial charge in [0.25, 0.3) is 0 Å². The zero-order valence-electron chi connectivity index (χ0n) is 22.1. The molecule has 5 heterocycles. The molecule has 0 aromatic carbocycles. The molecular weight excluding hydrogens is 500 g/mol. The lowest BCUT2D eigenvalue weighted by atomic mass is 9.57. The monoisotopic (exact) mass is 532 g/mol. The van der Waals surface area contributed by atoms with Gasteiger partial charge in [0.2, 0.25) is 5.91 Å². The summed E-state index contributed by atoms with van der Waals surface area (Å²) in [6.07, 6.45) is 4.75. The van der Waals surface area contributed by atoms with Gasteiger partial charge in [0, 0.05) is 43.6 Å². The molecule has 3 aliphatic heterocycles. The van der Waals surface area contributed by atoms with Gasteiger partial charge in [-0.15, -0.1) is 0 Å². The summed E-state index contributed by atoms with van der Waals surface area (Å²) < 4.78 is 5.05. The first kappa shape index (κ1) is 26.5. The second-order valence-electron chi connectivity index (χ2n) is 10.4. The maximum absolute atomic E-state index is 13.6. The number of nitriles is 1. The molecule has 1 saturated carbocycles. The number of carbonyl (C=O) groups is 3. The van der Waals surface area contributed by atoms with E-state index in [1.54, 1.807) is 25.3 Å². The van der Waals surface area contributed by atoms with E-state index in [2.05, 4.69) is 43.9 Å². The van der Waals surface area contributed by atoms with Crippen molar-refractivity contribution in [3.8, 4) is 6.07 Å². The van der Waals surface area contributed by atoms with Crippen LogP contribution in [0.15, 0.2) is 24.4 Å². The number of likely N-dealkylation sites (tertiary alicyclic amines) is 1. The number of hydrogen-bond donors (Lipinski definition) is 3. The fourth-order valence-electron chi connectivity index (χ4n) is 5.67. The summed E-state index contributed by atoms with van der Waals surface area (Å²) in [6, 6.07) is 6.39. The second-order valence-corrected chi connectivity index (χ2v) is 10.4. The summed E-state index contributed by atoms with van der Waals surface area (Å²) in [5, 5.41) is 18.6. The van der Waals surface area contributed by atoms with Gasteiger partial charge in [-0.3, -0.25) is 19.8 Å². The molecule has 3 N–H and O–H groups in total. The van der Waals surface area contributed by atoms with Crippen LogP contribution in [0.3, 0.4) is 0 Å². The number of piperidine rings is 1. The van der Waals surface area contributed by atoms with Crippen LogP contribution >= 0.6 is 0 Å². The Morgan fingerprint density at radius 2 is 2.05 bits per heavy atom. The second kappa shape index (κ2) is 11.0. The molecule has 12 nitrogen and oxygen atoms in total. The third-order valence-corrected chi connectivity index (χ3v) is 7.88. The van der Waals surface area contributed by atoms with E-state index in [1.807, 2.05) is 0 Å². The van der Waals surface area contributed by atoms with E-state index in [0.717, 1.165) is 25.9 Å². The van der Waals surface area contributed by atoms with E-state index in [9.17, 15) is 19.6 Å². The van der Waals surface area contributed by atoms with Crippen molar-refractivity contribution in [2.45, 2.75) is 43.2 Å². The van der Waals surface area contributed by atoms with Gasteiger partial charge in [0.05, 0.1) is 23.3 Å². The first-order valence-corrected chi connectivity index (χ1v) is 13.1.